The number of H-pyrrole nitrogens is 1. The predicted octanol–water partition coefficient (Wildman–Crippen LogP) is 2.78. The quantitative estimate of drug-likeness (QED) is 0.856. The molecule has 0 fully saturated rings. The van der Waals surface area contributed by atoms with Gasteiger partial charge in [0.1, 0.15) is 0 Å². The molecule has 0 spiro atoms. The summed E-state index contributed by atoms with van der Waals surface area (Å²) in [6.07, 6.45) is 1.03. The van der Waals surface area contributed by atoms with Gasteiger partial charge in [-0.2, -0.15) is 0 Å². The number of aromatic amines is 1. The predicted molar refractivity (Wildman–Crippen MR) is 75.0 cm³/mol. The summed E-state index contributed by atoms with van der Waals surface area (Å²) in [4.78, 5) is 5.83. The average Bonchev–Trinajstić information content (AvgIpc) is 2.67. The molecule has 3 nitrogen and oxygen atoms in total. The number of hydrogen-bond donors (Lipinski definition) is 1. The molecule has 1 aromatic heterocycles. The van der Waals surface area contributed by atoms with Gasteiger partial charge < -0.3 is 17.1 Å². The zero-order chi connectivity index (χ0) is 11.8. The Balaban J connectivity index is 0.000000902. The van der Waals surface area contributed by atoms with Crippen LogP contribution in [0, 0.1) is 14.5 Å². The Morgan fingerprint density at radius 2 is 2.16 bits per heavy atom. The number of fused-ring (bicyclic) bond motifs is 3. The third kappa shape index (κ3) is 3.10. The molecule has 0 amide bonds. The van der Waals surface area contributed by atoms with Crippen molar-refractivity contribution < 1.29 is 37.4 Å². The second-order valence-electron chi connectivity index (χ2n) is 4.77. The van der Waals surface area contributed by atoms with Crippen molar-refractivity contribution in [2.45, 2.75) is 19.0 Å². The summed E-state index contributed by atoms with van der Waals surface area (Å²) in [6, 6.07) is 8.93. The number of nitrogens with one attached hydrogen (secondary N) is 1. The van der Waals surface area contributed by atoms with E-state index in [9.17, 15) is 0 Å². The monoisotopic (exact) mass is 333 g/mol. The number of ether oxygens (including phenoxy) is 1. The number of likely N-dealkylation sites (N-methyl/N-ethyl adjacent to an activating group) is 1. The van der Waals surface area contributed by atoms with Crippen LogP contribution in [-0.4, -0.2) is 29.6 Å². The first-order valence-electron chi connectivity index (χ1n) is 5.95. The molecule has 0 bridgehead atoms. The first-order valence-corrected chi connectivity index (χ1v) is 5.95. The molecule has 3 rings (SSSR count). The number of benzene rings is 1. The van der Waals surface area contributed by atoms with Crippen molar-refractivity contribution in [3.8, 4) is 0 Å². The van der Waals surface area contributed by atoms with Crippen molar-refractivity contribution in [2.75, 3.05) is 13.7 Å². The van der Waals surface area contributed by atoms with Crippen LogP contribution in [0.4, 0.5) is 0 Å². The molecule has 1 aliphatic rings. The SMILES string of the molecule is [CH2-]OCC1Cc2c([nH]c3ccccc23)CN1C.[CH3-].[Y]. The van der Waals surface area contributed by atoms with E-state index in [0.29, 0.717) is 12.6 Å². The van der Waals surface area contributed by atoms with Gasteiger partial charge in [0.15, 0.2) is 0 Å². The molecule has 0 saturated heterocycles. The van der Waals surface area contributed by atoms with Gasteiger partial charge in [-0.1, -0.05) is 18.2 Å². The largest absolute Gasteiger partial charge is 0.554 e. The topological polar surface area (TPSA) is 28.3 Å². The molecule has 0 saturated carbocycles. The Labute approximate surface area is 140 Å². The van der Waals surface area contributed by atoms with Crippen LogP contribution in [-0.2, 0) is 50.4 Å². The van der Waals surface area contributed by atoms with Gasteiger partial charge >= 0.3 is 0 Å². The maximum atomic E-state index is 5.05. The van der Waals surface area contributed by atoms with Crippen molar-refractivity contribution in [1.29, 1.82) is 0 Å². The fourth-order valence-corrected chi connectivity index (χ4v) is 2.72. The summed E-state index contributed by atoms with van der Waals surface area (Å²) >= 11 is 0. The zero-order valence-corrected chi connectivity index (χ0v) is 14.5. The summed E-state index contributed by atoms with van der Waals surface area (Å²) in [6.45, 7) is 1.65. The maximum Gasteiger partial charge on any atom is 0.0459 e. The zero-order valence-electron chi connectivity index (χ0n) is 11.6. The molecule has 1 aromatic carbocycles. The van der Waals surface area contributed by atoms with Crippen LogP contribution < -0.4 is 0 Å². The van der Waals surface area contributed by atoms with E-state index in [0.717, 1.165) is 13.0 Å². The number of para-hydroxylation sites is 1. The van der Waals surface area contributed by atoms with Gasteiger partial charge in [-0.05, 0) is 25.1 Å². The van der Waals surface area contributed by atoms with E-state index in [1.165, 1.54) is 22.2 Å². The number of nitrogens with zero attached hydrogens (tertiary/aromatic N) is 1. The molecule has 19 heavy (non-hydrogen) atoms. The van der Waals surface area contributed by atoms with E-state index in [4.69, 9.17) is 4.74 Å². The normalized spacial score (nSPS) is 18.5. The van der Waals surface area contributed by atoms with Crippen molar-refractivity contribution in [3.05, 3.63) is 50.1 Å². The minimum absolute atomic E-state index is 0. The second kappa shape index (κ2) is 6.98. The van der Waals surface area contributed by atoms with Crippen molar-refractivity contribution in [1.82, 2.24) is 9.88 Å². The Morgan fingerprint density at radius 1 is 1.42 bits per heavy atom. The molecule has 2 aromatic rings. The van der Waals surface area contributed by atoms with Crippen molar-refractivity contribution >= 4 is 10.9 Å². The van der Waals surface area contributed by atoms with Gasteiger partial charge in [0.25, 0.3) is 0 Å². The Kier molecular flexibility index (Phi) is 6.19. The van der Waals surface area contributed by atoms with E-state index >= 15 is 0 Å². The van der Waals surface area contributed by atoms with Crippen LogP contribution in [0.3, 0.4) is 0 Å². The summed E-state index contributed by atoms with van der Waals surface area (Å²) in [5.41, 5.74) is 4.02. The van der Waals surface area contributed by atoms with Crippen LogP contribution in [0.15, 0.2) is 24.3 Å². The fourth-order valence-electron chi connectivity index (χ4n) is 2.72. The van der Waals surface area contributed by atoms with Gasteiger partial charge in [-0.25, -0.2) is 7.11 Å². The first-order chi connectivity index (χ1) is 8.29. The van der Waals surface area contributed by atoms with Crippen LogP contribution in [0.1, 0.15) is 11.3 Å². The van der Waals surface area contributed by atoms with Crippen LogP contribution >= 0.6 is 0 Å². The minimum Gasteiger partial charge on any atom is -0.554 e. The van der Waals surface area contributed by atoms with Gasteiger partial charge in [0.2, 0.25) is 0 Å². The average molecular weight is 333 g/mol. The first kappa shape index (κ1) is 16.8. The van der Waals surface area contributed by atoms with Crippen molar-refractivity contribution in [3.63, 3.8) is 0 Å². The molecule has 1 aliphatic heterocycles. The smallest absolute Gasteiger partial charge is 0.0459 e. The molecule has 1 atom stereocenters. The van der Waals surface area contributed by atoms with E-state index in [-0.39, 0.29) is 40.1 Å². The Morgan fingerprint density at radius 3 is 2.89 bits per heavy atom. The van der Waals surface area contributed by atoms with E-state index < -0.39 is 0 Å². The minimum atomic E-state index is 0. The maximum absolute atomic E-state index is 5.05. The van der Waals surface area contributed by atoms with E-state index in [1.54, 1.807) is 0 Å². The summed E-state index contributed by atoms with van der Waals surface area (Å²) in [5, 5.41) is 1.35. The molecule has 101 valence electrons. The molecule has 0 aliphatic carbocycles. The Bertz CT molecular complexity index is 538. The molecular weight excluding hydrogens is 313 g/mol. The molecule has 1 unspecified atom stereocenters. The third-order valence-corrected chi connectivity index (χ3v) is 3.68. The third-order valence-electron chi connectivity index (χ3n) is 3.68. The van der Waals surface area contributed by atoms with E-state index in [2.05, 4.69) is 48.3 Å². The number of aromatic nitrogens is 1. The van der Waals surface area contributed by atoms with Crippen molar-refractivity contribution in [2.24, 2.45) is 0 Å². The van der Waals surface area contributed by atoms with E-state index in [1.807, 2.05) is 0 Å². The molecule has 2 heterocycles. The van der Waals surface area contributed by atoms with Gasteiger partial charge in [-0.15, -0.1) is 0 Å². The van der Waals surface area contributed by atoms with Gasteiger partial charge in [0, 0.05) is 68.5 Å². The van der Waals surface area contributed by atoms with Crippen LogP contribution in [0.2, 0.25) is 0 Å². The standard InChI is InChI=1S/C14H17N2O.CH3.Y/c1-16-8-14-12(7-10(16)9-17-2)11-5-3-4-6-13(11)15-14;;/h3-6,10,15H,2,7-9H2,1H3;1H3;/q2*-1;. The summed E-state index contributed by atoms with van der Waals surface area (Å²) in [7, 11) is 5.62. The molecule has 4 heteroatoms. The fraction of sp³-hybridized carbons (Fsp3) is 0.333. The molecular formula is C15H20N2OY-2. The number of rotatable bonds is 2. The molecule has 1 N–H and O–H groups in total. The van der Waals surface area contributed by atoms with Gasteiger partial charge in [-0.3, -0.25) is 4.90 Å². The van der Waals surface area contributed by atoms with Crippen LogP contribution in [0.5, 0.6) is 0 Å². The van der Waals surface area contributed by atoms with Crippen LogP contribution in [0.25, 0.3) is 10.9 Å². The van der Waals surface area contributed by atoms with Gasteiger partial charge in [0.05, 0.1) is 0 Å². The second-order valence-corrected chi connectivity index (χ2v) is 4.77. The summed E-state index contributed by atoms with van der Waals surface area (Å²) < 4.78 is 5.05. The Hall–Kier alpha value is -0.216. The number of hydrogen-bond acceptors (Lipinski definition) is 2. The summed E-state index contributed by atoms with van der Waals surface area (Å²) in [5.74, 6) is 0. The molecule has 1 radical (unpaired) electrons.